The molecule has 1 aromatic carbocycles. The van der Waals surface area contributed by atoms with Gasteiger partial charge in [0, 0.05) is 12.6 Å². The molecule has 0 bridgehead atoms. The van der Waals surface area contributed by atoms with Crippen LogP contribution in [0.2, 0.25) is 0 Å². The molecule has 1 rings (SSSR count). The molecule has 0 radical (unpaired) electrons. The molecule has 78 valence electrons. The molecule has 0 saturated carbocycles. The van der Waals surface area contributed by atoms with Gasteiger partial charge in [-0.3, -0.25) is 4.79 Å². The Morgan fingerprint density at radius 3 is 2.64 bits per heavy atom. The van der Waals surface area contributed by atoms with Crippen LogP contribution in [-0.4, -0.2) is 13.0 Å². The van der Waals surface area contributed by atoms with Gasteiger partial charge in [0.2, 0.25) is 5.91 Å². The van der Waals surface area contributed by atoms with Gasteiger partial charge >= 0.3 is 0 Å². The number of ether oxygens (including phenoxy) is 1. The quantitative estimate of drug-likeness (QED) is 0.739. The van der Waals surface area contributed by atoms with Crippen molar-refractivity contribution in [1.29, 1.82) is 0 Å². The summed E-state index contributed by atoms with van der Waals surface area (Å²) < 4.78 is 5.03. The third kappa shape index (κ3) is 3.14. The number of amides is 1. The second-order valence-electron chi connectivity index (χ2n) is 2.64. The van der Waals surface area contributed by atoms with Crippen LogP contribution >= 0.6 is 12.4 Å². The highest BCUT2D eigenvalue weighted by Gasteiger charge is 2.03. The topological polar surface area (TPSA) is 64.3 Å². The number of carbonyl (C=O) groups excluding carboxylic acids is 1. The van der Waals surface area contributed by atoms with Crippen LogP contribution in [0.5, 0.6) is 5.75 Å². The molecule has 0 aliphatic rings. The second-order valence-corrected chi connectivity index (χ2v) is 2.64. The lowest BCUT2D eigenvalue weighted by Gasteiger charge is -2.08. The van der Waals surface area contributed by atoms with E-state index in [0.717, 1.165) is 0 Å². The predicted molar refractivity (Wildman–Crippen MR) is 59.0 cm³/mol. The summed E-state index contributed by atoms with van der Waals surface area (Å²) >= 11 is 0. The number of rotatable bonds is 2. The van der Waals surface area contributed by atoms with Crippen LogP contribution in [0.3, 0.4) is 0 Å². The number of halogens is 1. The minimum absolute atomic E-state index is 0. The van der Waals surface area contributed by atoms with Gasteiger partial charge in [-0.05, 0) is 18.2 Å². The Morgan fingerprint density at radius 1 is 1.50 bits per heavy atom. The highest BCUT2D eigenvalue weighted by Crippen LogP contribution is 2.26. The van der Waals surface area contributed by atoms with Gasteiger partial charge in [-0.25, -0.2) is 0 Å². The van der Waals surface area contributed by atoms with E-state index < -0.39 is 0 Å². The van der Waals surface area contributed by atoms with Crippen molar-refractivity contribution in [3.63, 3.8) is 0 Å². The molecular formula is C9H13ClN2O2. The number of hydrogen-bond acceptors (Lipinski definition) is 3. The lowest BCUT2D eigenvalue weighted by Crippen LogP contribution is -2.07. The number of nitrogens with one attached hydrogen (secondary N) is 1. The number of nitrogens with two attached hydrogens (primary N) is 1. The average molecular weight is 217 g/mol. The lowest BCUT2D eigenvalue weighted by molar-refractivity contribution is -0.114. The van der Waals surface area contributed by atoms with E-state index in [1.165, 1.54) is 14.0 Å². The maximum atomic E-state index is 10.8. The van der Waals surface area contributed by atoms with E-state index in [2.05, 4.69) is 5.32 Å². The van der Waals surface area contributed by atoms with E-state index in [4.69, 9.17) is 10.5 Å². The van der Waals surface area contributed by atoms with E-state index in [-0.39, 0.29) is 18.3 Å². The molecule has 0 spiro atoms. The summed E-state index contributed by atoms with van der Waals surface area (Å²) in [7, 11) is 1.54. The highest BCUT2D eigenvalue weighted by molar-refractivity contribution is 5.91. The molecule has 1 aromatic rings. The SMILES string of the molecule is COc1ccc(N)cc1NC(C)=O.Cl. The van der Waals surface area contributed by atoms with Crippen LogP contribution in [0.4, 0.5) is 11.4 Å². The molecule has 0 aromatic heterocycles. The third-order valence-electron chi connectivity index (χ3n) is 1.53. The molecule has 14 heavy (non-hydrogen) atoms. The summed E-state index contributed by atoms with van der Waals surface area (Å²) in [5, 5.41) is 2.62. The minimum atomic E-state index is -0.149. The van der Waals surface area contributed by atoms with E-state index in [0.29, 0.717) is 17.1 Å². The molecule has 0 heterocycles. The molecule has 0 saturated heterocycles. The predicted octanol–water partition coefficient (Wildman–Crippen LogP) is 1.66. The zero-order chi connectivity index (χ0) is 9.84. The van der Waals surface area contributed by atoms with E-state index in [1.807, 2.05) is 0 Å². The molecule has 0 unspecified atom stereocenters. The highest BCUT2D eigenvalue weighted by atomic mass is 35.5. The monoisotopic (exact) mass is 216 g/mol. The summed E-state index contributed by atoms with van der Waals surface area (Å²) in [6, 6.07) is 5.07. The van der Waals surface area contributed by atoms with Gasteiger partial charge in [0.1, 0.15) is 5.75 Å². The molecule has 1 amide bonds. The first-order valence-corrected chi connectivity index (χ1v) is 3.84. The van der Waals surface area contributed by atoms with Crippen molar-refractivity contribution in [2.24, 2.45) is 0 Å². The van der Waals surface area contributed by atoms with Crippen molar-refractivity contribution in [3.8, 4) is 5.75 Å². The van der Waals surface area contributed by atoms with Crippen LogP contribution in [0, 0.1) is 0 Å². The summed E-state index contributed by atoms with van der Waals surface area (Å²) in [5.74, 6) is 0.452. The van der Waals surface area contributed by atoms with Crippen molar-refractivity contribution in [3.05, 3.63) is 18.2 Å². The van der Waals surface area contributed by atoms with Gasteiger partial charge in [0.15, 0.2) is 0 Å². The van der Waals surface area contributed by atoms with Crippen molar-refractivity contribution in [2.45, 2.75) is 6.92 Å². The van der Waals surface area contributed by atoms with Gasteiger partial charge < -0.3 is 15.8 Å². The Morgan fingerprint density at radius 2 is 2.14 bits per heavy atom. The Labute approximate surface area is 88.8 Å². The number of benzene rings is 1. The van der Waals surface area contributed by atoms with Gasteiger partial charge in [-0.15, -0.1) is 12.4 Å². The van der Waals surface area contributed by atoms with Crippen molar-refractivity contribution in [1.82, 2.24) is 0 Å². The normalized spacial score (nSPS) is 8.71. The number of methoxy groups -OCH3 is 1. The molecule has 0 aliphatic carbocycles. The maximum Gasteiger partial charge on any atom is 0.221 e. The molecule has 3 N–H and O–H groups in total. The Kier molecular flexibility index (Phi) is 4.80. The molecular weight excluding hydrogens is 204 g/mol. The van der Waals surface area contributed by atoms with Crippen LogP contribution in [-0.2, 0) is 4.79 Å². The van der Waals surface area contributed by atoms with Crippen LogP contribution in [0.1, 0.15) is 6.92 Å². The fourth-order valence-electron chi connectivity index (χ4n) is 1.01. The number of nitrogen functional groups attached to an aromatic ring is 1. The van der Waals surface area contributed by atoms with E-state index >= 15 is 0 Å². The summed E-state index contributed by atoms with van der Waals surface area (Å²) in [5.41, 5.74) is 6.73. The zero-order valence-electron chi connectivity index (χ0n) is 8.03. The minimum Gasteiger partial charge on any atom is -0.495 e. The van der Waals surface area contributed by atoms with Crippen molar-refractivity contribution < 1.29 is 9.53 Å². The Bertz CT molecular complexity index is 329. The Balaban J connectivity index is 0.00000169. The van der Waals surface area contributed by atoms with Gasteiger partial charge in [-0.2, -0.15) is 0 Å². The Hall–Kier alpha value is -1.42. The molecule has 0 atom stereocenters. The standard InChI is InChI=1S/C9H12N2O2.ClH/c1-6(12)11-8-5-7(10)3-4-9(8)13-2;/h3-5H,10H2,1-2H3,(H,11,12);1H. The first kappa shape index (κ1) is 12.6. The lowest BCUT2D eigenvalue weighted by atomic mass is 10.2. The maximum absolute atomic E-state index is 10.8. The van der Waals surface area contributed by atoms with Crippen LogP contribution < -0.4 is 15.8 Å². The summed E-state index contributed by atoms with van der Waals surface area (Å²) in [6.07, 6.45) is 0. The fraction of sp³-hybridized carbons (Fsp3) is 0.222. The zero-order valence-corrected chi connectivity index (χ0v) is 8.85. The van der Waals surface area contributed by atoms with Crippen molar-refractivity contribution in [2.75, 3.05) is 18.2 Å². The van der Waals surface area contributed by atoms with Gasteiger partial charge in [0.05, 0.1) is 12.8 Å². The average Bonchev–Trinajstić information content (AvgIpc) is 2.03. The van der Waals surface area contributed by atoms with E-state index in [9.17, 15) is 4.79 Å². The number of anilines is 2. The van der Waals surface area contributed by atoms with Crippen LogP contribution in [0.25, 0.3) is 0 Å². The largest absolute Gasteiger partial charge is 0.495 e. The second kappa shape index (κ2) is 5.34. The van der Waals surface area contributed by atoms with Crippen LogP contribution in [0.15, 0.2) is 18.2 Å². The molecule has 0 aliphatic heterocycles. The number of hydrogen-bond donors (Lipinski definition) is 2. The smallest absolute Gasteiger partial charge is 0.221 e. The number of carbonyl (C=O) groups is 1. The fourth-order valence-corrected chi connectivity index (χ4v) is 1.01. The first-order valence-electron chi connectivity index (χ1n) is 3.84. The van der Waals surface area contributed by atoms with E-state index in [1.54, 1.807) is 18.2 Å². The summed E-state index contributed by atoms with van der Waals surface area (Å²) in [6.45, 7) is 1.43. The third-order valence-corrected chi connectivity index (χ3v) is 1.53. The van der Waals surface area contributed by atoms with Gasteiger partial charge in [-0.1, -0.05) is 0 Å². The van der Waals surface area contributed by atoms with Gasteiger partial charge in [0.25, 0.3) is 0 Å². The van der Waals surface area contributed by atoms with Crippen molar-refractivity contribution >= 4 is 29.7 Å². The molecule has 4 nitrogen and oxygen atoms in total. The molecule has 0 fully saturated rings. The molecule has 5 heteroatoms. The summed E-state index contributed by atoms with van der Waals surface area (Å²) in [4.78, 5) is 10.8. The first-order chi connectivity index (χ1) is 6.13.